The second kappa shape index (κ2) is 5.67. The number of nitrogens with one attached hydrogen (secondary N) is 1. The number of hydrogen-bond acceptors (Lipinski definition) is 1. The smallest absolute Gasteiger partial charge is 0.255 e. The maximum atomic E-state index is 12.2. The van der Waals surface area contributed by atoms with E-state index in [0.29, 0.717) is 5.56 Å². The number of carbonyl (C=O) groups excluding carboxylic acids is 1. The van der Waals surface area contributed by atoms with Crippen LogP contribution in [0.25, 0.3) is 0 Å². The fraction of sp³-hybridized carbons (Fsp3) is 0.0714. The van der Waals surface area contributed by atoms with E-state index >= 15 is 0 Å². The molecule has 2 nitrogen and oxygen atoms in total. The zero-order valence-electron chi connectivity index (χ0n) is 9.71. The van der Waals surface area contributed by atoms with Gasteiger partial charge in [0.15, 0.2) is 0 Å². The summed E-state index contributed by atoms with van der Waals surface area (Å²) in [6.07, 6.45) is 0. The molecule has 2 aromatic rings. The number of amides is 1. The highest BCUT2D eigenvalue weighted by molar-refractivity contribution is 9.11. The van der Waals surface area contributed by atoms with Crippen LogP contribution in [0.5, 0.6) is 0 Å². The van der Waals surface area contributed by atoms with E-state index in [1.54, 1.807) is 0 Å². The maximum Gasteiger partial charge on any atom is 0.255 e. The molecule has 18 heavy (non-hydrogen) atoms. The van der Waals surface area contributed by atoms with Crippen molar-refractivity contribution in [2.24, 2.45) is 0 Å². The standard InChI is InChI=1S/C14H11Br2NO/c1-9-4-2-3-5-11(9)14(18)17-13-8-10(15)6-7-12(13)16/h2-8H,1H3,(H,17,18). The Kier molecular flexibility index (Phi) is 4.19. The molecule has 0 heterocycles. The van der Waals surface area contributed by atoms with Gasteiger partial charge in [-0.15, -0.1) is 0 Å². The van der Waals surface area contributed by atoms with E-state index in [-0.39, 0.29) is 5.91 Å². The Bertz CT molecular complexity index is 596. The van der Waals surface area contributed by atoms with Crippen molar-refractivity contribution in [3.8, 4) is 0 Å². The van der Waals surface area contributed by atoms with Crippen LogP contribution in [-0.2, 0) is 0 Å². The van der Waals surface area contributed by atoms with Crippen LogP contribution in [0.1, 0.15) is 15.9 Å². The summed E-state index contributed by atoms with van der Waals surface area (Å²) in [6.45, 7) is 1.92. The van der Waals surface area contributed by atoms with E-state index in [1.165, 1.54) is 0 Å². The Labute approximate surface area is 123 Å². The van der Waals surface area contributed by atoms with Gasteiger partial charge in [-0.05, 0) is 52.7 Å². The molecule has 0 radical (unpaired) electrons. The second-order valence-electron chi connectivity index (χ2n) is 3.89. The third-order valence-electron chi connectivity index (χ3n) is 2.57. The normalized spacial score (nSPS) is 10.2. The summed E-state index contributed by atoms with van der Waals surface area (Å²) in [5.41, 5.74) is 2.39. The molecular formula is C14H11Br2NO. The van der Waals surface area contributed by atoms with Gasteiger partial charge in [0.1, 0.15) is 0 Å². The average molecular weight is 369 g/mol. The topological polar surface area (TPSA) is 29.1 Å². The average Bonchev–Trinajstić information content (AvgIpc) is 2.34. The van der Waals surface area contributed by atoms with Crippen molar-refractivity contribution in [2.75, 3.05) is 5.32 Å². The van der Waals surface area contributed by atoms with Gasteiger partial charge < -0.3 is 5.32 Å². The molecular weight excluding hydrogens is 358 g/mol. The maximum absolute atomic E-state index is 12.2. The molecule has 2 aromatic carbocycles. The molecule has 92 valence electrons. The molecule has 0 unspecified atom stereocenters. The Morgan fingerprint density at radius 3 is 2.56 bits per heavy atom. The van der Waals surface area contributed by atoms with Crippen LogP contribution >= 0.6 is 31.9 Å². The molecule has 0 saturated heterocycles. The first-order valence-electron chi connectivity index (χ1n) is 5.40. The third-order valence-corrected chi connectivity index (χ3v) is 3.75. The van der Waals surface area contributed by atoms with E-state index in [9.17, 15) is 4.79 Å². The van der Waals surface area contributed by atoms with Crippen LogP contribution in [0, 0.1) is 6.92 Å². The predicted molar refractivity (Wildman–Crippen MR) is 81.0 cm³/mol. The van der Waals surface area contributed by atoms with Gasteiger partial charge in [-0.25, -0.2) is 0 Å². The fourth-order valence-electron chi connectivity index (χ4n) is 1.61. The third kappa shape index (κ3) is 3.00. The minimum atomic E-state index is -0.105. The van der Waals surface area contributed by atoms with Crippen LogP contribution in [0.3, 0.4) is 0 Å². The van der Waals surface area contributed by atoms with Gasteiger partial charge in [0.2, 0.25) is 0 Å². The lowest BCUT2D eigenvalue weighted by Crippen LogP contribution is -2.13. The first kappa shape index (κ1) is 13.3. The summed E-state index contributed by atoms with van der Waals surface area (Å²) >= 11 is 6.80. The Morgan fingerprint density at radius 1 is 1.11 bits per heavy atom. The van der Waals surface area contributed by atoms with Crippen LogP contribution in [0.4, 0.5) is 5.69 Å². The molecule has 1 amide bonds. The highest BCUT2D eigenvalue weighted by atomic mass is 79.9. The van der Waals surface area contributed by atoms with Gasteiger partial charge in [-0.1, -0.05) is 34.1 Å². The summed E-state index contributed by atoms with van der Waals surface area (Å²) in [6, 6.07) is 13.2. The lowest BCUT2D eigenvalue weighted by atomic mass is 10.1. The van der Waals surface area contributed by atoms with E-state index in [0.717, 1.165) is 20.2 Å². The minimum Gasteiger partial charge on any atom is -0.321 e. The number of halogens is 2. The van der Waals surface area contributed by atoms with Crippen LogP contribution < -0.4 is 5.32 Å². The Balaban J connectivity index is 2.27. The molecule has 1 N–H and O–H groups in total. The minimum absolute atomic E-state index is 0.105. The largest absolute Gasteiger partial charge is 0.321 e. The lowest BCUT2D eigenvalue weighted by Gasteiger charge is -2.09. The van der Waals surface area contributed by atoms with Gasteiger partial charge in [-0.3, -0.25) is 4.79 Å². The molecule has 0 fully saturated rings. The molecule has 4 heteroatoms. The van der Waals surface area contributed by atoms with Gasteiger partial charge in [0, 0.05) is 14.5 Å². The van der Waals surface area contributed by atoms with Crippen molar-refractivity contribution in [3.05, 3.63) is 62.5 Å². The van der Waals surface area contributed by atoms with Crippen molar-refractivity contribution >= 4 is 43.5 Å². The van der Waals surface area contributed by atoms with Gasteiger partial charge in [-0.2, -0.15) is 0 Å². The van der Waals surface area contributed by atoms with E-state index < -0.39 is 0 Å². The fourth-order valence-corrected chi connectivity index (χ4v) is 2.32. The molecule has 0 spiro atoms. The van der Waals surface area contributed by atoms with Crippen molar-refractivity contribution < 1.29 is 4.79 Å². The summed E-state index contributed by atoms with van der Waals surface area (Å²) in [5, 5.41) is 2.89. The van der Waals surface area contributed by atoms with Crippen molar-refractivity contribution in [3.63, 3.8) is 0 Å². The first-order valence-corrected chi connectivity index (χ1v) is 6.98. The number of carbonyl (C=O) groups is 1. The molecule has 2 rings (SSSR count). The summed E-state index contributed by atoms with van der Waals surface area (Å²) in [5.74, 6) is -0.105. The molecule has 0 bridgehead atoms. The number of benzene rings is 2. The number of aryl methyl sites for hydroxylation is 1. The van der Waals surface area contributed by atoms with Gasteiger partial charge in [0.05, 0.1) is 5.69 Å². The highest BCUT2D eigenvalue weighted by Gasteiger charge is 2.10. The molecule has 0 aliphatic heterocycles. The predicted octanol–water partition coefficient (Wildman–Crippen LogP) is 4.77. The van der Waals surface area contributed by atoms with Crippen molar-refractivity contribution in [1.29, 1.82) is 0 Å². The van der Waals surface area contributed by atoms with Crippen LogP contribution in [0.2, 0.25) is 0 Å². The lowest BCUT2D eigenvalue weighted by molar-refractivity contribution is 0.102. The zero-order valence-corrected chi connectivity index (χ0v) is 12.9. The monoisotopic (exact) mass is 367 g/mol. The van der Waals surface area contributed by atoms with E-state index in [1.807, 2.05) is 49.4 Å². The summed E-state index contributed by atoms with van der Waals surface area (Å²) < 4.78 is 1.78. The van der Waals surface area contributed by atoms with E-state index in [4.69, 9.17) is 0 Å². The zero-order chi connectivity index (χ0) is 13.1. The number of anilines is 1. The number of rotatable bonds is 2. The summed E-state index contributed by atoms with van der Waals surface area (Å²) in [4.78, 5) is 12.2. The Hall–Kier alpha value is -1.13. The van der Waals surface area contributed by atoms with Crippen molar-refractivity contribution in [2.45, 2.75) is 6.92 Å². The second-order valence-corrected chi connectivity index (χ2v) is 5.66. The van der Waals surface area contributed by atoms with Gasteiger partial charge in [0.25, 0.3) is 5.91 Å². The van der Waals surface area contributed by atoms with Gasteiger partial charge >= 0.3 is 0 Å². The Morgan fingerprint density at radius 2 is 1.83 bits per heavy atom. The van der Waals surface area contributed by atoms with Crippen LogP contribution in [0.15, 0.2) is 51.4 Å². The summed E-state index contributed by atoms with van der Waals surface area (Å²) in [7, 11) is 0. The molecule has 0 aromatic heterocycles. The molecule has 0 aliphatic carbocycles. The highest BCUT2D eigenvalue weighted by Crippen LogP contribution is 2.26. The molecule has 0 atom stereocenters. The number of hydrogen-bond donors (Lipinski definition) is 1. The van der Waals surface area contributed by atoms with Crippen molar-refractivity contribution in [1.82, 2.24) is 0 Å². The van der Waals surface area contributed by atoms with E-state index in [2.05, 4.69) is 37.2 Å². The van der Waals surface area contributed by atoms with Crippen LogP contribution in [-0.4, -0.2) is 5.91 Å². The first-order chi connectivity index (χ1) is 8.58. The SMILES string of the molecule is Cc1ccccc1C(=O)Nc1cc(Br)ccc1Br. The quantitative estimate of drug-likeness (QED) is 0.812. The molecule has 0 saturated carbocycles. The molecule has 0 aliphatic rings.